The number of phenols is 1. The average molecular weight is 274 g/mol. The van der Waals surface area contributed by atoms with Crippen LogP contribution >= 0.6 is 0 Å². The Bertz CT molecular complexity index is 506. The molecule has 0 atom stereocenters. The molecule has 0 fully saturated rings. The van der Waals surface area contributed by atoms with Gasteiger partial charge in [-0.25, -0.2) is 0 Å². The highest BCUT2D eigenvalue weighted by atomic mass is 16.5. The van der Waals surface area contributed by atoms with Crippen LogP contribution in [0, 0.1) is 6.92 Å². The molecule has 0 aliphatic carbocycles. The van der Waals surface area contributed by atoms with E-state index in [4.69, 9.17) is 4.74 Å². The van der Waals surface area contributed by atoms with Gasteiger partial charge in [-0.15, -0.1) is 0 Å². The normalized spacial score (nSPS) is 11.3. The quantitative estimate of drug-likeness (QED) is 0.744. The first-order chi connectivity index (χ1) is 9.43. The molecule has 0 aliphatic rings. The van der Waals surface area contributed by atoms with Gasteiger partial charge in [0.05, 0.1) is 7.11 Å². The van der Waals surface area contributed by atoms with E-state index < -0.39 is 0 Å². The van der Waals surface area contributed by atoms with E-state index in [2.05, 4.69) is 32.9 Å². The van der Waals surface area contributed by atoms with Gasteiger partial charge in [0.1, 0.15) is 11.5 Å². The Morgan fingerprint density at radius 3 is 2.50 bits per heavy atom. The number of aromatic hydroxyl groups is 1. The van der Waals surface area contributed by atoms with Crippen LogP contribution in [-0.4, -0.2) is 12.2 Å². The molecule has 1 aromatic carbocycles. The number of phenolic OH excluding ortho intramolecular Hbond substituents is 1. The maximum absolute atomic E-state index is 9.70. The predicted molar refractivity (Wildman–Crippen MR) is 85.5 cm³/mol. The van der Waals surface area contributed by atoms with Crippen molar-refractivity contribution in [1.82, 2.24) is 0 Å². The maximum Gasteiger partial charge on any atom is 0.125 e. The van der Waals surface area contributed by atoms with Gasteiger partial charge in [0.25, 0.3) is 0 Å². The first kappa shape index (κ1) is 16.4. The van der Waals surface area contributed by atoms with Crippen molar-refractivity contribution in [2.24, 2.45) is 0 Å². The largest absolute Gasteiger partial charge is 0.508 e. The Hall–Kier alpha value is -1.70. The fourth-order valence-electron chi connectivity index (χ4n) is 2.24. The number of benzene rings is 1. The molecule has 2 nitrogen and oxygen atoms in total. The lowest BCUT2D eigenvalue weighted by Gasteiger charge is -2.11. The summed E-state index contributed by atoms with van der Waals surface area (Å²) in [4.78, 5) is 0. The number of methoxy groups -OCH3 is 1. The molecule has 0 saturated heterocycles. The molecule has 0 aliphatic heterocycles. The standard InChI is InChI=1S/C18H26O2/c1-13(2)7-6-8-14(3)9-10-16-12-17(19)11-15(4)18(16)20-5/h7,9,11-12,19H,6,8,10H2,1-5H3/b14-9+. The Morgan fingerprint density at radius 1 is 1.20 bits per heavy atom. The molecule has 20 heavy (non-hydrogen) atoms. The Morgan fingerprint density at radius 2 is 1.90 bits per heavy atom. The van der Waals surface area contributed by atoms with E-state index in [0.29, 0.717) is 5.75 Å². The Balaban J connectivity index is 2.75. The summed E-state index contributed by atoms with van der Waals surface area (Å²) in [5, 5.41) is 9.70. The van der Waals surface area contributed by atoms with E-state index in [0.717, 1.165) is 36.1 Å². The highest BCUT2D eigenvalue weighted by Crippen LogP contribution is 2.29. The lowest BCUT2D eigenvalue weighted by molar-refractivity contribution is 0.404. The molecule has 1 rings (SSSR count). The van der Waals surface area contributed by atoms with E-state index in [9.17, 15) is 5.11 Å². The van der Waals surface area contributed by atoms with Gasteiger partial charge in [-0.05, 0) is 64.7 Å². The zero-order chi connectivity index (χ0) is 15.1. The van der Waals surface area contributed by atoms with E-state index >= 15 is 0 Å². The SMILES string of the molecule is COc1c(C)cc(O)cc1C/C=C(\C)CCC=C(C)C. The topological polar surface area (TPSA) is 29.5 Å². The zero-order valence-corrected chi connectivity index (χ0v) is 13.3. The van der Waals surface area contributed by atoms with Crippen LogP contribution in [0.25, 0.3) is 0 Å². The molecule has 0 bridgehead atoms. The first-order valence-electron chi connectivity index (χ1n) is 7.09. The van der Waals surface area contributed by atoms with Gasteiger partial charge in [-0.1, -0.05) is 23.3 Å². The maximum atomic E-state index is 9.70. The Labute approximate surface area is 122 Å². The fourth-order valence-corrected chi connectivity index (χ4v) is 2.24. The molecule has 1 N–H and O–H groups in total. The van der Waals surface area contributed by atoms with Gasteiger partial charge in [-0.3, -0.25) is 0 Å². The van der Waals surface area contributed by atoms with E-state index in [-0.39, 0.29) is 0 Å². The lowest BCUT2D eigenvalue weighted by atomic mass is 10.0. The molecule has 0 amide bonds. The van der Waals surface area contributed by atoms with Crippen LogP contribution in [0.2, 0.25) is 0 Å². The van der Waals surface area contributed by atoms with Crippen LogP contribution in [0.1, 0.15) is 44.7 Å². The highest BCUT2D eigenvalue weighted by Gasteiger charge is 2.07. The molecule has 110 valence electrons. The molecule has 0 aromatic heterocycles. The van der Waals surface area contributed by atoms with E-state index in [1.165, 1.54) is 11.1 Å². The smallest absolute Gasteiger partial charge is 0.125 e. The molecule has 0 heterocycles. The molecular formula is C18H26O2. The Kier molecular flexibility index (Phi) is 6.37. The van der Waals surface area contributed by atoms with Crippen LogP contribution in [0.4, 0.5) is 0 Å². The average Bonchev–Trinajstić information content (AvgIpc) is 2.35. The van der Waals surface area contributed by atoms with E-state index in [1.54, 1.807) is 19.2 Å². The molecule has 2 heteroatoms. The van der Waals surface area contributed by atoms with Gasteiger partial charge in [-0.2, -0.15) is 0 Å². The van der Waals surface area contributed by atoms with Crippen molar-refractivity contribution in [2.45, 2.75) is 47.0 Å². The molecule has 1 aromatic rings. The van der Waals surface area contributed by atoms with Gasteiger partial charge < -0.3 is 9.84 Å². The van der Waals surface area contributed by atoms with Crippen LogP contribution < -0.4 is 4.74 Å². The minimum atomic E-state index is 0.300. The lowest BCUT2D eigenvalue weighted by Crippen LogP contribution is -1.94. The number of hydrogen-bond acceptors (Lipinski definition) is 2. The summed E-state index contributed by atoms with van der Waals surface area (Å²) in [7, 11) is 1.67. The summed E-state index contributed by atoms with van der Waals surface area (Å²) in [5.74, 6) is 1.17. The second-order valence-electron chi connectivity index (χ2n) is 5.53. The van der Waals surface area contributed by atoms with Crippen LogP contribution in [0.5, 0.6) is 11.5 Å². The number of allylic oxidation sites excluding steroid dienone is 4. The highest BCUT2D eigenvalue weighted by molar-refractivity contribution is 5.47. The molecule has 0 unspecified atom stereocenters. The summed E-state index contributed by atoms with van der Waals surface area (Å²) in [6.45, 7) is 8.35. The monoisotopic (exact) mass is 274 g/mol. The molecular weight excluding hydrogens is 248 g/mol. The van der Waals surface area contributed by atoms with Crippen LogP contribution in [0.3, 0.4) is 0 Å². The minimum absolute atomic E-state index is 0.300. The van der Waals surface area contributed by atoms with Crippen molar-refractivity contribution in [1.29, 1.82) is 0 Å². The third-order valence-electron chi connectivity index (χ3n) is 3.30. The van der Waals surface area contributed by atoms with Gasteiger partial charge in [0, 0.05) is 5.56 Å². The van der Waals surface area contributed by atoms with Gasteiger partial charge >= 0.3 is 0 Å². The van der Waals surface area contributed by atoms with E-state index in [1.807, 2.05) is 6.92 Å². The van der Waals surface area contributed by atoms with Crippen molar-refractivity contribution in [2.75, 3.05) is 7.11 Å². The van der Waals surface area contributed by atoms with Crippen molar-refractivity contribution < 1.29 is 9.84 Å². The van der Waals surface area contributed by atoms with Crippen LogP contribution in [-0.2, 0) is 6.42 Å². The van der Waals surface area contributed by atoms with Crippen molar-refractivity contribution in [3.63, 3.8) is 0 Å². The predicted octanol–water partition coefficient (Wildman–Crippen LogP) is 4.94. The summed E-state index contributed by atoms with van der Waals surface area (Å²) in [6, 6.07) is 3.51. The minimum Gasteiger partial charge on any atom is -0.508 e. The number of rotatable bonds is 6. The second kappa shape index (κ2) is 7.78. The van der Waals surface area contributed by atoms with Crippen molar-refractivity contribution in [3.8, 4) is 11.5 Å². The van der Waals surface area contributed by atoms with Crippen molar-refractivity contribution in [3.05, 3.63) is 46.6 Å². The second-order valence-corrected chi connectivity index (χ2v) is 5.53. The summed E-state index contributed by atoms with van der Waals surface area (Å²) >= 11 is 0. The summed E-state index contributed by atoms with van der Waals surface area (Å²) in [5.41, 5.74) is 4.73. The van der Waals surface area contributed by atoms with Gasteiger partial charge in [0.15, 0.2) is 0 Å². The molecule has 0 radical (unpaired) electrons. The molecule has 0 saturated carbocycles. The first-order valence-corrected chi connectivity index (χ1v) is 7.09. The van der Waals surface area contributed by atoms with Gasteiger partial charge in [0.2, 0.25) is 0 Å². The number of hydrogen-bond donors (Lipinski definition) is 1. The zero-order valence-electron chi connectivity index (χ0n) is 13.3. The molecule has 0 spiro atoms. The number of ether oxygens (including phenoxy) is 1. The van der Waals surface area contributed by atoms with Crippen molar-refractivity contribution >= 4 is 0 Å². The van der Waals surface area contributed by atoms with Crippen LogP contribution in [0.15, 0.2) is 35.4 Å². The fraction of sp³-hybridized carbons (Fsp3) is 0.444. The third kappa shape index (κ3) is 5.12. The number of aryl methyl sites for hydroxylation is 1. The third-order valence-corrected chi connectivity index (χ3v) is 3.30. The summed E-state index contributed by atoms with van der Waals surface area (Å²) < 4.78 is 5.43. The summed E-state index contributed by atoms with van der Waals surface area (Å²) in [6.07, 6.45) is 7.43.